The zero-order valence-electron chi connectivity index (χ0n) is 13.2. The molecule has 0 saturated carbocycles. The standard InChI is InChI=1S/C19H20FNO2/c1-2-14-3-5-15(6-4-14)18-13-21(11-12-23-18)19(22)16-7-9-17(20)10-8-16/h3-10,18H,2,11-13H2,1H3. The largest absolute Gasteiger partial charge is 0.370 e. The smallest absolute Gasteiger partial charge is 0.254 e. The van der Waals surface area contributed by atoms with Crippen molar-refractivity contribution in [3.8, 4) is 0 Å². The van der Waals surface area contributed by atoms with Gasteiger partial charge in [0.2, 0.25) is 0 Å². The van der Waals surface area contributed by atoms with Crippen LogP contribution in [0.1, 0.15) is 34.5 Å². The summed E-state index contributed by atoms with van der Waals surface area (Å²) in [6.45, 7) is 3.70. The second-order valence-electron chi connectivity index (χ2n) is 5.71. The van der Waals surface area contributed by atoms with E-state index < -0.39 is 0 Å². The highest BCUT2D eigenvalue weighted by molar-refractivity contribution is 5.94. The molecule has 1 amide bonds. The van der Waals surface area contributed by atoms with Crippen molar-refractivity contribution in [2.75, 3.05) is 19.7 Å². The average Bonchev–Trinajstić information content (AvgIpc) is 2.62. The first-order valence-electron chi connectivity index (χ1n) is 7.92. The van der Waals surface area contributed by atoms with E-state index in [-0.39, 0.29) is 17.8 Å². The minimum absolute atomic E-state index is 0.0801. The number of halogens is 1. The van der Waals surface area contributed by atoms with Gasteiger partial charge in [0, 0.05) is 12.1 Å². The molecule has 1 fully saturated rings. The number of ether oxygens (including phenoxy) is 1. The second kappa shape index (κ2) is 6.92. The Morgan fingerprint density at radius 3 is 2.52 bits per heavy atom. The summed E-state index contributed by atoms with van der Waals surface area (Å²) in [6, 6.07) is 14.0. The first-order chi connectivity index (χ1) is 11.2. The van der Waals surface area contributed by atoms with E-state index in [0.29, 0.717) is 25.3 Å². The molecule has 4 heteroatoms. The maximum atomic E-state index is 13.0. The van der Waals surface area contributed by atoms with E-state index in [1.807, 2.05) is 0 Å². The van der Waals surface area contributed by atoms with Crippen LogP contribution in [0.4, 0.5) is 4.39 Å². The molecule has 2 aromatic carbocycles. The van der Waals surface area contributed by atoms with Crippen LogP contribution in [0.5, 0.6) is 0 Å². The van der Waals surface area contributed by atoms with Crippen molar-refractivity contribution < 1.29 is 13.9 Å². The van der Waals surface area contributed by atoms with Gasteiger partial charge >= 0.3 is 0 Å². The summed E-state index contributed by atoms with van der Waals surface area (Å²) in [5, 5.41) is 0. The van der Waals surface area contributed by atoms with Crippen LogP contribution in [0, 0.1) is 5.82 Å². The van der Waals surface area contributed by atoms with E-state index in [4.69, 9.17) is 4.74 Å². The Balaban J connectivity index is 1.72. The Morgan fingerprint density at radius 2 is 1.87 bits per heavy atom. The van der Waals surface area contributed by atoms with Gasteiger partial charge in [-0.3, -0.25) is 4.79 Å². The molecule has 1 aliphatic heterocycles. The number of carbonyl (C=O) groups is 1. The lowest BCUT2D eigenvalue weighted by Gasteiger charge is -2.33. The zero-order chi connectivity index (χ0) is 16.2. The predicted molar refractivity (Wildman–Crippen MR) is 86.8 cm³/mol. The summed E-state index contributed by atoms with van der Waals surface area (Å²) in [5.74, 6) is -0.416. The first kappa shape index (κ1) is 15.7. The number of rotatable bonds is 3. The molecule has 3 nitrogen and oxygen atoms in total. The number of hydrogen-bond acceptors (Lipinski definition) is 2. The molecule has 1 unspecified atom stereocenters. The summed E-state index contributed by atoms with van der Waals surface area (Å²) < 4.78 is 18.8. The molecule has 0 bridgehead atoms. The molecule has 0 N–H and O–H groups in total. The molecular formula is C19H20FNO2. The Kier molecular flexibility index (Phi) is 4.72. The van der Waals surface area contributed by atoms with Crippen molar-refractivity contribution >= 4 is 5.91 Å². The quantitative estimate of drug-likeness (QED) is 0.866. The van der Waals surface area contributed by atoms with Crippen LogP contribution in [-0.2, 0) is 11.2 Å². The lowest BCUT2D eigenvalue weighted by molar-refractivity contribution is -0.0228. The molecule has 0 radical (unpaired) electrons. The molecule has 0 aromatic heterocycles. The van der Waals surface area contributed by atoms with Crippen LogP contribution in [0.2, 0.25) is 0 Å². The number of nitrogens with zero attached hydrogens (tertiary/aromatic N) is 1. The van der Waals surface area contributed by atoms with Gasteiger partial charge in [-0.15, -0.1) is 0 Å². The Morgan fingerprint density at radius 1 is 1.17 bits per heavy atom. The molecule has 2 aromatic rings. The molecule has 1 saturated heterocycles. The van der Waals surface area contributed by atoms with Crippen molar-refractivity contribution in [1.82, 2.24) is 4.90 Å². The summed E-state index contributed by atoms with van der Waals surface area (Å²) in [6.07, 6.45) is 0.889. The summed E-state index contributed by atoms with van der Waals surface area (Å²) in [4.78, 5) is 14.3. The minimum atomic E-state index is -0.336. The monoisotopic (exact) mass is 313 g/mol. The van der Waals surface area contributed by atoms with Crippen molar-refractivity contribution in [3.05, 3.63) is 71.0 Å². The van der Waals surface area contributed by atoms with Crippen molar-refractivity contribution in [2.45, 2.75) is 19.4 Å². The fourth-order valence-corrected chi connectivity index (χ4v) is 2.78. The van der Waals surface area contributed by atoms with Gasteiger partial charge in [0.1, 0.15) is 11.9 Å². The fraction of sp³-hybridized carbons (Fsp3) is 0.316. The maximum absolute atomic E-state index is 13.0. The van der Waals surface area contributed by atoms with E-state index in [1.54, 1.807) is 4.90 Å². The highest BCUT2D eigenvalue weighted by Crippen LogP contribution is 2.24. The number of aryl methyl sites for hydroxylation is 1. The molecule has 0 spiro atoms. The van der Waals surface area contributed by atoms with E-state index in [2.05, 4.69) is 31.2 Å². The van der Waals surface area contributed by atoms with Gasteiger partial charge in [0.15, 0.2) is 0 Å². The molecule has 120 valence electrons. The van der Waals surface area contributed by atoms with Crippen molar-refractivity contribution in [3.63, 3.8) is 0 Å². The summed E-state index contributed by atoms with van der Waals surface area (Å²) >= 11 is 0. The van der Waals surface area contributed by atoms with Gasteiger partial charge < -0.3 is 9.64 Å². The van der Waals surface area contributed by atoms with Crippen LogP contribution in [0.25, 0.3) is 0 Å². The second-order valence-corrected chi connectivity index (χ2v) is 5.71. The third-order valence-electron chi connectivity index (χ3n) is 4.20. The van der Waals surface area contributed by atoms with Crippen LogP contribution < -0.4 is 0 Å². The number of hydrogen-bond donors (Lipinski definition) is 0. The number of amides is 1. The first-order valence-corrected chi connectivity index (χ1v) is 7.92. The number of morpholine rings is 1. The molecule has 0 aliphatic carbocycles. The van der Waals surface area contributed by atoms with E-state index >= 15 is 0 Å². The summed E-state index contributed by atoms with van der Waals surface area (Å²) in [7, 11) is 0. The summed E-state index contributed by atoms with van der Waals surface area (Å²) in [5.41, 5.74) is 2.87. The van der Waals surface area contributed by atoms with Crippen molar-refractivity contribution in [1.29, 1.82) is 0 Å². The van der Waals surface area contributed by atoms with Crippen LogP contribution in [-0.4, -0.2) is 30.5 Å². The van der Waals surface area contributed by atoms with Crippen LogP contribution in [0.3, 0.4) is 0 Å². The molecule has 1 aliphatic rings. The molecule has 23 heavy (non-hydrogen) atoms. The SMILES string of the molecule is CCc1ccc(C2CN(C(=O)c3ccc(F)cc3)CCO2)cc1. The Bertz CT molecular complexity index is 667. The van der Waals surface area contributed by atoms with E-state index in [1.165, 1.54) is 29.8 Å². The topological polar surface area (TPSA) is 29.5 Å². The van der Waals surface area contributed by atoms with Gasteiger partial charge in [-0.1, -0.05) is 31.2 Å². The molecule has 1 heterocycles. The van der Waals surface area contributed by atoms with Crippen LogP contribution >= 0.6 is 0 Å². The number of benzene rings is 2. The molecular weight excluding hydrogens is 293 g/mol. The average molecular weight is 313 g/mol. The predicted octanol–water partition coefficient (Wildman–Crippen LogP) is 3.60. The Labute approximate surface area is 135 Å². The normalized spacial score (nSPS) is 18.0. The lowest BCUT2D eigenvalue weighted by Crippen LogP contribution is -2.42. The van der Waals surface area contributed by atoms with Crippen molar-refractivity contribution in [2.24, 2.45) is 0 Å². The van der Waals surface area contributed by atoms with Gasteiger partial charge in [-0.2, -0.15) is 0 Å². The third kappa shape index (κ3) is 3.59. The zero-order valence-corrected chi connectivity index (χ0v) is 13.2. The van der Waals surface area contributed by atoms with E-state index in [0.717, 1.165) is 12.0 Å². The maximum Gasteiger partial charge on any atom is 0.254 e. The van der Waals surface area contributed by atoms with Gasteiger partial charge in [0.25, 0.3) is 5.91 Å². The van der Waals surface area contributed by atoms with E-state index in [9.17, 15) is 9.18 Å². The number of carbonyl (C=O) groups excluding carboxylic acids is 1. The van der Waals surface area contributed by atoms with Gasteiger partial charge in [-0.05, 0) is 41.8 Å². The Hall–Kier alpha value is -2.20. The lowest BCUT2D eigenvalue weighted by atomic mass is 10.0. The third-order valence-corrected chi connectivity index (χ3v) is 4.20. The fourth-order valence-electron chi connectivity index (χ4n) is 2.78. The van der Waals surface area contributed by atoms with Gasteiger partial charge in [0.05, 0.1) is 13.2 Å². The van der Waals surface area contributed by atoms with Gasteiger partial charge in [-0.25, -0.2) is 4.39 Å². The highest BCUT2D eigenvalue weighted by atomic mass is 19.1. The highest BCUT2D eigenvalue weighted by Gasteiger charge is 2.26. The molecule has 3 rings (SSSR count). The molecule has 1 atom stereocenters. The minimum Gasteiger partial charge on any atom is -0.370 e. The van der Waals surface area contributed by atoms with Crippen LogP contribution in [0.15, 0.2) is 48.5 Å².